The largest absolute Gasteiger partial charge is 0.375 e. The molecule has 0 aromatic rings. The first-order valence-electron chi connectivity index (χ1n) is 5.99. The van der Waals surface area contributed by atoms with Crippen molar-refractivity contribution in [2.24, 2.45) is 0 Å². The van der Waals surface area contributed by atoms with Crippen molar-refractivity contribution >= 4 is 0 Å². The van der Waals surface area contributed by atoms with E-state index in [1.165, 1.54) is 6.42 Å². The minimum absolute atomic E-state index is 0.0126. The van der Waals surface area contributed by atoms with Gasteiger partial charge in [0.25, 0.3) is 0 Å². The minimum Gasteiger partial charge on any atom is -0.375 e. The summed E-state index contributed by atoms with van der Waals surface area (Å²) in [6.45, 7) is 13.6. The molecule has 92 valence electrons. The van der Waals surface area contributed by atoms with Crippen LogP contribution in [-0.2, 0) is 4.74 Å². The van der Waals surface area contributed by atoms with Crippen LogP contribution >= 0.6 is 0 Å². The highest BCUT2D eigenvalue weighted by molar-refractivity contribution is 4.60. The molecular weight excluding hydrogens is 188 g/mol. The van der Waals surface area contributed by atoms with Crippen LogP contribution in [0.2, 0.25) is 0 Å². The van der Waals surface area contributed by atoms with Gasteiger partial charge in [-0.2, -0.15) is 0 Å². The van der Waals surface area contributed by atoms with Crippen molar-refractivity contribution in [2.75, 3.05) is 39.8 Å². The minimum atomic E-state index is -0.0126. The zero-order chi connectivity index (χ0) is 11.7. The second-order valence-electron chi connectivity index (χ2n) is 5.01. The Hall–Kier alpha value is -0.120. The smallest absolute Gasteiger partial charge is 0.0600 e. The molecule has 0 bridgehead atoms. The summed E-state index contributed by atoms with van der Waals surface area (Å²) in [4.78, 5) is 2.30. The predicted molar refractivity (Wildman–Crippen MR) is 66.4 cm³/mol. The summed E-state index contributed by atoms with van der Waals surface area (Å²) >= 11 is 0. The first kappa shape index (κ1) is 14.9. The van der Waals surface area contributed by atoms with Gasteiger partial charge < -0.3 is 15.0 Å². The third-order valence-electron chi connectivity index (χ3n) is 2.11. The summed E-state index contributed by atoms with van der Waals surface area (Å²) in [5.74, 6) is 0. The molecule has 0 saturated heterocycles. The number of rotatable bonds is 8. The Balaban J connectivity index is 3.29. The van der Waals surface area contributed by atoms with Gasteiger partial charge in [0.05, 0.1) is 12.2 Å². The van der Waals surface area contributed by atoms with Crippen LogP contribution in [0.25, 0.3) is 0 Å². The van der Waals surface area contributed by atoms with Crippen molar-refractivity contribution in [3.63, 3.8) is 0 Å². The number of nitrogens with one attached hydrogen (secondary N) is 1. The van der Waals surface area contributed by atoms with E-state index in [9.17, 15) is 0 Å². The molecule has 0 spiro atoms. The van der Waals surface area contributed by atoms with Gasteiger partial charge in [-0.05, 0) is 40.8 Å². The molecule has 0 rings (SSSR count). The van der Waals surface area contributed by atoms with Crippen molar-refractivity contribution in [1.29, 1.82) is 0 Å². The number of nitrogens with zero attached hydrogens (tertiary/aromatic N) is 1. The second-order valence-corrected chi connectivity index (χ2v) is 5.01. The molecule has 0 aromatic carbocycles. The molecule has 0 radical (unpaired) electrons. The van der Waals surface area contributed by atoms with Crippen molar-refractivity contribution < 1.29 is 4.74 Å². The molecule has 3 heteroatoms. The van der Waals surface area contributed by atoms with Crippen LogP contribution in [0.15, 0.2) is 0 Å². The van der Waals surface area contributed by atoms with E-state index < -0.39 is 0 Å². The van der Waals surface area contributed by atoms with Gasteiger partial charge in [-0.1, -0.05) is 6.92 Å². The maximum absolute atomic E-state index is 5.67. The number of ether oxygens (including phenoxy) is 1. The van der Waals surface area contributed by atoms with Gasteiger partial charge in [-0.3, -0.25) is 0 Å². The van der Waals surface area contributed by atoms with Crippen molar-refractivity contribution in [1.82, 2.24) is 10.2 Å². The molecule has 0 saturated carbocycles. The fourth-order valence-electron chi connectivity index (χ4n) is 1.19. The van der Waals surface area contributed by atoms with Crippen LogP contribution in [0.5, 0.6) is 0 Å². The quantitative estimate of drug-likeness (QED) is 0.625. The van der Waals surface area contributed by atoms with E-state index in [4.69, 9.17) is 4.74 Å². The lowest BCUT2D eigenvalue weighted by Crippen LogP contribution is -2.33. The molecule has 0 aromatic heterocycles. The van der Waals surface area contributed by atoms with Gasteiger partial charge in [-0.25, -0.2) is 0 Å². The van der Waals surface area contributed by atoms with Gasteiger partial charge in [0.15, 0.2) is 0 Å². The van der Waals surface area contributed by atoms with Crippen LogP contribution in [0.3, 0.4) is 0 Å². The van der Waals surface area contributed by atoms with Crippen molar-refractivity contribution in [3.8, 4) is 0 Å². The van der Waals surface area contributed by atoms with Crippen LogP contribution in [0.1, 0.15) is 34.1 Å². The molecule has 0 aliphatic carbocycles. The predicted octanol–water partition coefficient (Wildman–Crippen LogP) is 1.73. The Morgan fingerprint density at radius 2 is 1.80 bits per heavy atom. The Labute approximate surface area is 95.2 Å². The summed E-state index contributed by atoms with van der Waals surface area (Å²) < 4.78 is 5.67. The maximum atomic E-state index is 5.67. The monoisotopic (exact) mass is 216 g/mol. The van der Waals surface area contributed by atoms with Crippen LogP contribution in [0, 0.1) is 0 Å². The molecular formula is C12H28N2O. The third kappa shape index (κ3) is 11.8. The van der Waals surface area contributed by atoms with Crippen molar-refractivity contribution in [2.45, 2.75) is 39.7 Å². The highest BCUT2D eigenvalue weighted by atomic mass is 16.5. The van der Waals surface area contributed by atoms with E-state index in [0.717, 1.165) is 32.8 Å². The average Bonchev–Trinajstić information content (AvgIpc) is 2.10. The van der Waals surface area contributed by atoms with E-state index in [1.807, 2.05) is 0 Å². The number of likely N-dealkylation sites (N-methyl/N-ethyl adjacent to an activating group) is 1. The normalized spacial score (nSPS) is 12.4. The molecule has 1 N–H and O–H groups in total. The lowest BCUT2D eigenvalue weighted by Gasteiger charge is -2.22. The lowest BCUT2D eigenvalue weighted by atomic mass is 10.2. The first-order chi connectivity index (χ1) is 6.95. The zero-order valence-electron chi connectivity index (χ0n) is 11.1. The fourth-order valence-corrected chi connectivity index (χ4v) is 1.19. The molecule has 3 nitrogen and oxygen atoms in total. The average molecular weight is 216 g/mol. The zero-order valence-corrected chi connectivity index (χ0v) is 11.1. The van der Waals surface area contributed by atoms with Crippen LogP contribution in [0.4, 0.5) is 0 Å². The van der Waals surface area contributed by atoms with Gasteiger partial charge in [0, 0.05) is 19.6 Å². The molecule has 0 unspecified atom stereocenters. The molecule has 0 heterocycles. The summed E-state index contributed by atoms with van der Waals surface area (Å²) in [5, 5.41) is 3.39. The fraction of sp³-hybridized carbons (Fsp3) is 1.00. The van der Waals surface area contributed by atoms with Gasteiger partial charge in [-0.15, -0.1) is 0 Å². The van der Waals surface area contributed by atoms with E-state index in [-0.39, 0.29) is 5.60 Å². The Bertz CT molecular complexity index is 143. The van der Waals surface area contributed by atoms with E-state index >= 15 is 0 Å². The Morgan fingerprint density at radius 1 is 1.13 bits per heavy atom. The topological polar surface area (TPSA) is 24.5 Å². The first-order valence-corrected chi connectivity index (χ1v) is 5.99. The molecule has 0 aliphatic rings. The van der Waals surface area contributed by atoms with Gasteiger partial charge in [0.2, 0.25) is 0 Å². The molecule has 0 amide bonds. The van der Waals surface area contributed by atoms with Crippen LogP contribution < -0.4 is 5.32 Å². The maximum Gasteiger partial charge on any atom is 0.0600 e. The van der Waals surface area contributed by atoms with E-state index in [2.05, 4.69) is 45.0 Å². The molecule has 0 atom stereocenters. The standard InChI is InChI=1S/C12H28N2O/c1-6-7-13-8-9-14(5)10-11-15-12(2,3)4/h13H,6-11H2,1-5H3. The van der Waals surface area contributed by atoms with E-state index in [0.29, 0.717) is 0 Å². The third-order valence-corrected chi connectivity index (χ3v) is 2.11. The van der Waals surface area contributed by atoms with Crippen LogP contribution in [-0.4, -0.2) is 50.3 Å². The van der Waals surface area contributed by atoms with Crippen molar-refractivity contribution in [3.05, 3.63) is 0 Å². The van der Waals surface area contributed by atoms with E-state index in [1.54, 1.807) is 0 Å². The molecule has 0 aliphatic heterocycles. The Kier molecular flexibility index (Phi) is 8.02. The number of hydrogen-bond acceptors (Lipinski definition) is 3. The Morgan fingerprint density at radius 3 is 2.33 bits per heavy atom. The highest BCUT2D eigenvalue weighted by Gasteiger charge is 2.09. The SMILES string of the molecule is CCCNCCN(C)CCOC(C)(C)C. The summed E-state index contributed by atoms with van der Waals surface area (Å²) in [7, 11) is 2.14. The summed E-state index contributed by atoms with van der Waals surface area (Å²) in [6, 6.07) is 0. The lowest BCUT2D eigenvalue weighted by molar-refractivity contribution is -0.0106. The van der Waals surface area contributed by atoms with Gasteiger partial charge >= 0.3 is 0 Å². The molecule has 0 fully saturated rings. The second kappa shape index (κ2) is 8.08. The number of hydrogen-bond donors (Lipinski definition) is 1. The highest BCUT2D eigenvalue weighted by Crippen LogP contribution is 2.05. The van der Waals surface area contributed by atoms with Gasteiger partial charge in [0.1, 0.15) is 0 Å². The summed E-state index contributed by atoms with van der Waals surface area (Å²) in [5.41, 5.74) is -0.0126. The summed E-state index contributed by atoms with van der Waals surface area (Å²) in [6.07, 6.45) is 1.21. The molecule has 15 heavy (non-hydrogen) atoms.